The molecule has 0 aromatic heterocycles. The Morgan fingerprint density at radius 1 is 1.21 bits per heavy atom. The van der Waals surface area contributed by atoms with Crippen molar-refractivity contribution in [3.63, 3.8) is 0 Å². The summed E-state index contributed by atoms with van der Waals surface area (Å²) in [6.45, 7) is 0. The highest BCUT2D eigenvalue weighted by Crippen LogP contribution is 2.41. The van der Waals surface area contributed by atoms with Gasteiger partial charge in [0.2, 0.25) is 10.0 Å². The molecule has 2 aliphatic rings. The third-order valence-corrected chi connectivity index (χ3v) is 4.52. The van der Waals surface area contributed by atoms with Gasteiger partial charge >= 0.3 is 0 Å². The molecule has 1 aliphatic heterocycles. The molecule has 0 N–H and O–H groups in total. The summed E-state index contributed by atoms with van der Waals surface area (Å²) in [5.41, 5.74) is 1.84. The molecule has 1 fully saturated rings. The molecule has 1 aromatic rings. The summed E-state index contributed by atoms with van der Waals surface area (Å²) >= 11 is 0. The van der Waals surface area contributed by atoms with Crippen molar-refractivity contribution in [1.29, 1.82) is 0 Å². The summed E-state index contributed by atoms with van der Waals surface area (Å²) in [4.78, 5) is 0. The summed E-state index contributed by atoms with van der Waals surface area (Å²) in [6, 6.07) is 7.83. The smallest absolute Gasteiger partial charge is 0.239 e. The molecular weight excluding hydrogens is 198 g/mol. The zero-order valence-electron chi connectivity index (χ0n) is 7.68. The molecule has 74 valence electrons. The SMILES string of the molecule is O=S1(=O)Cc2ccccc2N1C1CC1. The first-order chi connectivity index (χ1) is 6.68. The van der Waals surface area contributed by atoms with Crippen molar-refractivity contribution in [3.8, 4) is 0 Å². The Bertz CT molecular complexity index is 477. The van der Waals surface area contributed by atoms with Gasteiger partial charge in [0, 0.05) is 6.04 Å². The molecule has 0 saturated heterocycles. The minimum absolute atomic E-state index is 0.180. The number of benzene rings is 1. The van der Waals surface area contributed by atoms with Gasteiger partial charge in [-0.1, -0.05) is 18.2 Å². The average Bonchev–Trinajstić information content (AvgIpc) is 2.88. The predicted octanol–water partition coefficient (Wildman–Crippen LogP) is 1.50. The van der Waals surface area contributed by atoms with Crippen LogP contribution in [0.15, 0.2) is 24.3 Å². The van der Waals surface area contributed by atoms with E-state index in [1.807, 2.05) is 24.3 Å². The molecule has 0 amide bonds. The zero-order valence-corrected chi connectivity index (χ0v) is 8.50. The maximum atomic E-state index is 11.8. The van der Waals surface area contributed by atoms with E-state index >= 15 is 0 Å². The van der Waals surface area contributed by atoms with Crippen LogP contribution in [0.25, 0.3) is 0 Å². The lowest BCUT2D eigenvalue weighted by Crippen LogP contribution is -2.28. The first-order valence-corrected chi connectivity index (χ1v) is 6.39. The molecule has 1 aromatic carbocycles. The Morgan fingerprint density at radius 3 is 2.64 bits per heavy atom. The van der Waals surface area contributed by atoms with E-state index in [0.717, 1.165) is 24.1 Å². The van der Waals surface area contributed by atoms with E-state index in [1.165, 1.54) is 0 Å². The van der Waals surface area contributed by atoms with Gasteiger partial charge in [-0.05, 0) is 24.5 Å². The molecule has 4 heteroatoms. The lowest BCUT2D eigenvalue weighted by molar-refractivity contribution is 0.593. The second-order valence-electron chi connectivity index (χ2n) is 3.91. The fourth-order valence-electron chi connectivity index (χ4n) is 2.00. The summed E-state index contributed by atoms with van der Waals surface area (Å²) in [7, 11) is -3.05. The zero-order chi connectivity index (χ0) is 9.76. The number of sulfonamides is 1. The molecule has 3 rings (SSSR count). The van der Waals surface area contributed by atoms with Crippen molar-refractivity contribution < 1.29 is 8.42 Å². The Labute approximate surface area is 83.4 Å². The minimum atomic E-state index is -3.05. The van der Waals surface area contributed by atoms with Crippen LogP contribution in [0.1, 0.15) is 18.4 Å². The first-order valence-electron chi connectivity index (χ1n) is 4.78. The summed E-state index contributed by atoms with van der Waals surface area (Å²) in [6.07, 6.45) is 2.02. The number of nitrogens with zero attached hydrogens (tertiary/aromatic N) is 1. The highest BCUT2D eigenvalue weighted by molar-refractivity contribution is 7.92. The van der Waals surface area contributed by atoms with Gasteiger partial charge in [-0.15, -0.1) is 0 Å². The monoisotopic (exact) mass is 209 g/mol. The Morgan fingerprint density at radius 2 is 1.93 bits per heavy atom. The van der Waals surface area contributed by atoms with E-state index in [0.29, 0.717) is 0 Å². The van der Waals surface area contributed by atoms with E-state index in [-0.39, 0.29) is 11.8 Å². The fraction of sp³-hybridized carbons (Fsp3) is 0.400. The van der Waals surface area contributed by atoms with Gasteiger partial charge in [0.1, 0.15) is 0 Å². The Balaban J connectivity index is 2.17. The van der Waals surface area contributed by atoms with Gasteiger partial charge in [0.05, 0.1) is 11.4 Å². The molecule has 14 heavy (non-hydrogen) atoms. The number of rotatable bonds is 1. The van der Waals surface area contributed by atoms with E-state index in [1.54, 1.807) is 4.31 Å². The van der Waals surface area contributed by atoms with Gasteiger partial charge in [-0.3, -0.25) is 4.31 Å². The lowest BCUT2D eigenvalue weighted by atomic mass is 10.2. The number of anilines is 1. The van der Waals surface area contributed by atoms with Crippen molar-refractivity contribution in [2.45, 2.75) is 24.6 Å². The minimum Gasteiger partial charge on any atom is -0.267 e. The maximum absolute atomic E-state index is 11.8. The third kappa shape index (κ3) is 1.07. The number of fused-ring (bicyclic) bond motifs is 1. The molecule has 0 spiro atoms. The van der Waals surface area contributed by atoms with Gasteiger partial charge in [0.15, 0.2) is 0 Å². The molecule has 1 saturated carbocycles. The predicted molar refractivity (Wildman–Crippen MR) is 54.6 cm³/mol. The normalized spacial score (nSPS) is 23.6. The highest BCUT2D eigenvalue weighted by atomic mass is 32.2. The number of para-hydroxylation sites is 1. The topological polar surface area (TPSA) is 37.4 Å². The van der Waals surface area contributed by atoms with Crippen LogP contribution in [0, 0.1) is 0 Å². The number of hydrogen-bond acceptors (Lipinski definition) is 2. The summed E-state index contributed by atoms with van der Waals surface area (Å²) in [5.74, 6) is 0.180. The van der Waals surface area contributed by atoms with E-state index < -0.39 is 10.0 Å². The average molecular weight is 209 g/mol. The third-order valence-electron chi connectivity index (χ3n) is 2.75. The Kier molecular flexibility index (Phi) is 1.49. The van der Waals surface area contributed by atoms with Crippen LogP contribution in [0.2, 0.25) is 0 Å². The highest BCUT2D eigenvalue weighted by Gasteiger charge is 2.42. The van der Waals surface area contributed by atoms with Crippen LogP contribution in [0.4, 0.5) is 5.69 Å². The molecule has 1 aliphatic carbocycles. The second kappa shape index (κ2) is 2.51. The van der Waals surface area contributed by atoms with Crippen molar-refractivity contribution >= 4 is 15.7 Å². The van der Waals surface area contributed by atoms with E-state index in [4.69, 9.17) is 0 Å². The standard InChI is InChI=1S/C10H11NO2S/c12-14(13)7-8-3-1-2-4-10(8)11(14)9-5-6-9/h1-4,9H,5-7H2. The molecule has 0 unspecified atom stereocenters. The van der Waals surface area contributed by atoms with Crippen molar-refractivity contribution in [1.82, 2.24) is 0 Å². The van der Waals surface area contributed by atoms with Crippen molar-refractivity contribution in [2.75, 3.05) is 4.31 Å². The molecule has 1 heterocycles. The van der Waals surface area contributed by atoms with Crippen LogP contribution < -0.4 is 4.31 Å². The molecule has 3 nitrogen and oxygen atoms in total. The van der Waals surface area contributed by atoms with Crippen LogP contribution >= 0.6 is 0 Å². The van der Waals surface area contributed by atoms with E-state index in [2.05, 4.69) is 0 Å². The van der Waals surface area contributed by atoms with Crippen molar-refractivity contribution in [3.05, 3.63) is 29.8 Å². The quantitative estimate of drug-likeness (QED) is 0.703. The number of hydrogen-bond donors (Lipinski definition) is 0. The van der Waals surface area contributed by atoms with Crippen LogP contribution in [0.3, 0.4) is 0 Å². The van der Waals surface area contributed by atoms with Gasteiger partial charge in [-0.25, -0.2) is 8.42 Å². The molecule has 0 radical (unpaired) electrons. The maximum Gasteiger partial charge on any atom is 0.239 e. The first kappa shape index (κ1) is 8.29. The fourth-order valence-corrected chi connectivity index (χ4v) is 3.92. The van der Waals surface area contributed by atoms with Crippen LogP contribution in [-0.4, -0.2) is 14.5 Å². The summed E-state index contributed by atoms with van der Waals surface area (Å²) < 4.78 is 25.3. The van der Waals surface area contributed by atoms with Gasteiger partial charge in [0.25, 0.3) is 0 Å². The largest absolute Gasteiger partial charge is 0.267 e. The van der Waals surface area contributed by atoms with Gasteiger partial charge in [-0.2, -0.15) is 0 Å². The molecule has 0 atom stereocenters. The van der Waals surface area contributed by atoms with Crippen LogP contribution in [0.5, 0.6) is 0 Å². The van der Waals surface area contributed by atoms with Crippen molar-refractivity contribution in [2.24, 2.45) is 0 Å². The molecule has 0 bridgehead atoms. The van der Waals surface area contributed by atoms with Crippen LogP contribution in [-0.2, 0) is 15.8 Å². The second-order valence-corrected chi connectivity index (χ2v) is 5.76. The van der Waals surface area contributed by atoms with Gasteiger partial charge < -0.3 is 0 Å². The Hall–Kier alpha value is -1.03. The molecular formula is C10H11NO2S. The lowest BCUT2D eigenvalue weighted by Gasteiger charge is -2.16. The van der Waals surface area contributed by atoms with E-state index in [9.17, 15) is 8.42 Å². The summed E-state index contributed by atoms with van der Waals surface area (Å²) in [5, 5.41) is 0.